The van der Waals surface area contributed by atoms with Gasteiger partial charge in [-0.1, -0.05) is 15.9 Å². The Morgan fingerprint density at radius 3 is 2.76 bits per heavy atom. The summed E-state index contributed by atoms with van der Waals surface area (Å²) in [6, 6.07) is 3.65. The van der Waals surface area contributed by atoms with Crippen molar-refractivity contribution in [2.45, 2.75) is 12.5 Å². The van der Waals surface area contributed by atoms with Gasteiger partial charge in [-0.3, -0.25) is 0 Å². The number of aliphatic carboxylic acids is 1. The fourth-order valence-electron chi connectivity index (χ4n) is 1.59. The summed E-state index contributed by atoms with van der Waals surface area (Å²) in [5.74, 6) is 0.0852. The molecular weight excluding hydrogens is 360 g/mol. The van der Waals surface area contributed by atoms with Crippen LogP contribution in [0.3, 0.4) is 0 Å². The number of anilines is 1. The van der Waals surface area contributed by atoms with Gasteiger partial charge in [-0.25, -0.2) is 9.59 Å². The van der Waals surface area contributed by atoms with E-state index in [0.717, 1.165) is 4.47 Å². The quantitative estimate of drug-likeness (QED) is 0.680. The molecule has 116 valence electrons. The Hall–Kier alpha value is -1.41. The summed E-state index contributed by atoms with van der Waals surface area (Å²) in [5, 5.41) is 14.1. The number of ether oxygens (including phenoxy) is 1. The number of urea groups is 1. The molecule has 0 aliphatic rings. The molecule has 21 heavy (non-hydrogen) atoms. The minimum absolute atomic E-state index is 0.361. The highest BCUT2D eigenvalue weighted by Gasteiger charge is 2.20. The maximum Gasteiger partial charge on any atom is 0.326 e. The number of hydrogen-bond donors (Lipinski definition) is 3. The molecule has 0 radical (unpaired) electrons. The molecule has 0 aliphatic heterocycles. The van der Waals surface area contributed by atoms with Gasteiger partial charge in [0.1, 0.15) is 11.8 Å². The van der Waals surface area contributed by atoms with E-state index in [1.807, 2.05) is 6.26 Å². The maximum atomic E-state index is 11.9. The van der Waals surface area contributed by atoms with Gasteiger partial charge in [-0.15, -0.1) is 0 Å². The molecule has 1 aromatic carbocycles. The molecule has 0 saturated carbocycles. The topological polar surface area (TPSA) is 87.7 Å². The van der Waals surface area contributed by atoms with Gasteiger partial charge in [0.25, 0.3) is 0 Å². The number of carboxylic acids is 1. The summed E-state index contributed by atoms with van der Waals surface area (Å²) in [6.45, 7) is 0. The first-order chi connectivity index (χ1) is 9.97. The zero-order valence-corrected chi connectivity index (χ0v) is 14.1. The van der Waals surface area contributed by atoms with Crippen LogP contribution in [0.5, 0.6) is 5.75 Å². The van der Waals surface area contributed by atoms with Crippen LogP contribution in [-0.2, 0) is 4.79 Å². The summed E-state index contributed by atoms with van der Waals surface area (Å²) in [6.07, 6.45) is 2.24. The van der Waals surface area contributed by atoms with Crippen molar-refractivity contribution in [2.24, 2.45) is 0 Å². The van der Waals surface area contributed by atoms with Crippen molar-refractivity contribution in [3.05, 3.63) is 22.7 Å². The van der Waals surface area contributed by atoms with Crippen molar-refractivity contribution < 1.29 is 19.4 Å². The summed E-state index contributed by atoms with van der Waals surface area (Å²) in [4.78, 5) is 23.0. The first-order valence-corrected chi connectivity index (χ1v) is 8.29. The van der Waals surface area contributed by atoms with E-state index in [1.165, 1.54) is 18.9 Å². The van der Waals surface area contributed by atoms with Crippen LogP contribution in [0.25, 0.3) is 0 Å². The average molecular weight is 377 g/mol. The van der Waals surface area contributed by atoms with Crippen LogP contribution in [0.2, 0.25) is 0 Å². The Balaban J connectivity index is 2.71. The molecule has 0 fully saturated rings. The lowest BCUT2D eigenvalue weighted by Crippen LogP contribution is -2.43. The number of carbonyl (C=O) groups excluding carboxylic acids is 1. The number of rotatable bonds is 7. The standard InChI is InChI=1S/C13H17BrN2O4S/c1-20-11-4-3-8(14)7-10(11)16-13(19)15-9(12(17)18)5-6-21-2/h3-4,7,9H,5-6H2,1-2H3,(H,17,18)(H2,15,16,19)/t9-/m1/s1. The molecule has 0 aromatic heterocycles. The second-order valence-corrected chi connectivity index (χ2v) is 6.02. The van der Waals surface area contributed by atoms with Crippen LogP contribution in [0, 0.1) is 0 Å². The molecule has 6 nitrogen and oxygen atoms in total. The Morgan fingerprint density at radius 1 is 1.48 bits per heavy atom. The van der Waals surface area contributed by atoms with E-state index in [0.29, 0.717) is 23.6 Å². The molecule has 1 atom stereocenters. The van der Waals surface area contributed by atoms with Gasteiger partial charge in [0, 0.05) is 4.47 Å². The van der Waals surface area contributed by atoms with Crippen molar-refractivity contribution in [1.29, 1.82) is 0 Å². The van der Waals surface area contributed by atoms with Crippen molar-refractivity contribution in [3.63, 3.8) is 0 Å². The van der Waals surface area contributed by atoms with Gasteiger partial charge in [-0.2, -0.15) is 11.8 Å². The van der Waals surface area contributed by atoms with E-state index >= 15 is 0 Å². The monoisotopic (exact) mass is 376 g/mol. The van der Waals surface area contributed by atoms with Gasteiger partial charge in [-0.05, 0) is 36.6 Å². The second kappa shape index (κ2) is 8.78. The minimum atomic E-state index is -1.06. The Bertz CT molecular complexity index is 513. The molecule has 3 N–H and O–H groups in total. The third-order valence-corrected chi connectivity index (χ3v) is 3.76. The zero-order chi connectivity index (χ0) is 15.8. The van der Waals surface area contributed by atoms with Gasteiger partial charge >= 0.3 is 12.0 Å². The molecule has 8 heteroatoms. The predicted molar refractivity (Wildman–Crippen MR) is 87.3 cm³/mol. The van der Waals surface area contributed by atoms with E-state index < -0.39 is 18.0 Å². The number of carbonyl (C=O) groups is 2. The molecule has 0 spiro atoms. The number of benzene rings is 1. The normalized spacial score (nSPS) is 11.6. The number of nitrogens with one attached hydrogen (secondary N) is 2. The first-order valence-electron chi connectivity index (χ1n) is 6.10. The minimum Gasteiger partial charge on any atom is -0.495 e. The predicted octanol–water partition coefficient (Wildman–Crippen LogP) is 2.79. The van der Waals surface area contributed by atoms with Crippen molar-refractivity contribution in [2.75, 3.05) is 24.4 Å². The summed E-state index contributed by atoms with van der Waals surface area (Å²) in [7, 11) is 1.49. The highest BCUT2D eigenvalue weighted by molar-refractivity contribution is 9.10. The molecule has 2 amide bonds. The lowest BCUT2D eigenvalue weighted by atomic mass is 10.2. The zero-order valence-electron chi connectivity index (χ0n) is 11.7. The summed E-state index contributed by atoms with van der Waals surface area (Å²) in [5.41, 5.74) is 0.457. The molecule has 0 bridgehead atoms. The summed E-state index contributed by atoms with van der Waals surface area (Å²) < 4.78 is 5.91. The van der Waals surface area contributed by atoms with Crippen LogP contribution in [0.1, 0.15) is 6.42 Å². The number of amides is 2. The molecule has 1 aromatic rings. The van der Waals surface area contributed by atoms with Crippen LogP contribution >= 0.6 is 27.7 Å². The van der Waals surface area contributed by atoms with E-state index in [-0.39, 0.29) is 0 Å². The number of halogens is 1. The van der Waals surface area contributed by atoms with E-state index in [9.17, 15) is 9.59 Å². The number of carboxylic acid groups (broad SMARTS) is 1. The molecular formula is C13H17BrN2O4S. The lowest BCUT2D eigenvalue weighted by molar-refractivity contribution is -0.139. The number of thioether (sulfide) groups is 1. The Kier molecular flexibility index (Phi) is 7.38. The fourth-order valence-corrected chi connectivity index (χ4v) is 2.42. The van der Waals surface area contributed by atoms with Crippen molar-refractivity contribution >= 4 is 45.4 Å². The third-order valence-electron chi connectivity index (χ3n) is 2.62. The highest BCUT2D eigenvalue weighted by Crippen LogP contribution is 2.27. The average Bonchev–Trinajstić information content (AvgIpc) is 2.43. The van der Waals surface area contributed by atoms with E-state index in [1.54, 1.807) is 18.2 Å². The number of hydrogen-bond acceptors (Lipinski definition) is 4. The third kappa shape index (κ3) is 5.84. The molecule has 0 unspecified atom stereocenters. The van der Waals surface area contributed by atoms with Gasteiger partial charge in [0.2, 0.25) is 0 Å². The summed E-state index contributed by atoms with van der Waals surface area (Å²) >= 11 is 4.82. The molecule has 1 rings (SSSR count). The Labute approximate surface area is 135 Å². The van der Waals surface area contributed by atoms with Gasteiger partial charge in [0.05, 0.1) is 12.8 Å². The van der Waals surface area contributed by atoms with Crippen LogP contribution < -0.4 is 15.4 Å². The van der Waals surface area contributed by atoms with Crippen molar-refractivity contribution in [3.8, 4) is 5.75 Å². The largest absolute Gasteiger partial charge is 0.495 e. The fraction of sp³-hybridized carbons (Fsp3) is 0.385. The Morgan fingerprint density at radius 2 is 2.19 bits per heavy atom. The van der Waals surface area contributed by atoms with Gasteiger partial charge < -0.3 is 20.5 Å². The van der Waals surface area contributed by atoms with Crippen LogP contribution in [0.4, 0.5) is 10.5 Å². The lowest BCUT2D eigenvalue weighted by Gasteiger charge is -2.16. The second-order valence-electron chi connectivity index (χ2n) is 4.12. The molecule has 0 heterocycles. The van der Waals surface area contributed by atoms with E-state index in [4.69, 9.17) is 9.84 Å². The van der Waals surface area contributed by atoms with Crippen LogP contribution in [0.15, 0.2) is 22.7 Å². The van der Waals surface area contributed by atoms with E-state index in [2.05, 4.69) is 26.6 Å². The first kappa shape index (κ1) is 17.6. The highest BCUT2D eigenvalue weighted by atomic mass is 79.9. The molecule has 0 saturated heterocycles. The van der Waals surface area contributed by atoms with Crippen LogP contribution in [-0.4, -0.2) is 42.3 Å². The van der Waals surface area contributed by atoms with Gasteiger partial charge in [0.15, 0.2) is 0 Å². The SMILES string of the molecule is COc1ccc(Br)cc1NC(=O)N[C@H](CCSC)C(=O)O. The molecule has 0 aliphatic carbocycles. The van der Waals surface area contributed by atoms with Crippen molar-refractivity contribution in [1.82, 2.24) is 5.32 Å². The maximum absolute atomic E-state index is 11.9. The smallest absolute Gasteiger partial charge is 0.326 e. The number of methoxy groups -OCH3 is 1.